The third-order valence-corrected chi connectivity index (χ3v) is 4.29. The molecule has 108 valence electrons. The average Bonchev–Trinajstić information content (AvgIpc) is 2.70. The number of nitrogens with two attached hydrogens (primary N) is 1. The molecule has 2 rings (SSSR count). The fourth-order valence-electron chi connectivity index (χ4n) is 3.27. The van der Waals surface area contributed by atoms with E-state index >= 15 is 0 Å². The van der Waals surface area contributed by atoms with Crippen molar-refractivity contribution in [2.75, 3.05) is 5.73 Å². The van der Waals surface area contributed by atoms with Gasteiger partial charge in [0.15, 0.2) is 0 Å². The zero-order valence-electron chi connectivity index (χ0n) is 12.6. The molecule has 0 aliphatic heterocycles. The monoisotopic (exact) mass is 263 g/mol. The average molecular weight is 263 g/mol. The summed E-state index contributed by atoms with van der Waals surface area (Å²) in [5.74, 6) is 2.96. The van der Waals surface area contributed by atoms with Gasteiger partial charge in [-0.1, -0.05) is 46.0 Å². The van der Waals surface area contributed by atoms with Gasteiger partial charge in [0.25, 0.3) is 0 Å². The van der Waals surface area contributed by atoms with E-state index in [1.54, 1.807) is 0 Å². The summed E-state index contributed by atoms with van der Waals surface area (Å²) in [5, 5.41) is 0. The van der Waals surface area contributed by atoms with Crippen LogP contribution >= 0.6 is 0 Å². The van der Waals surface area contributed by atoms with E-state index in [4.69, 9.17) is 10.7 Å². The number of anilines is 1. The van der Waals surface area contributed by atoms with Crippen molar-refractivity contribution in [3.8, 4) is 0 Å². The lowest BCUT2D eigenvalue weighted by atomic mass is 9.86. The van der Waals surface area contributed by atoms with E-state index in [0.29, 0.717) is 0 Å². The summed E-state index contributed by atoms with van der Waals surface area (Å²) in [5.41, 5.74) is 7.51. The number of aromatic nitrogens is 2. The van der Waals surface area contributed by atoms with Crippen molar-refractivity contribution in [2.45, 2.75) is 78.2 Å². The lowest BCUT2D eigenvalue weighted by Gasteiger charge is -2.20. The van der Waals surface area contributed by atoms with Crippen molar-refractivity contribution < 1.29 is 0 Å². The van der Waals surface area contributed by atoms with Crippen LogP contribution < -0.4 is 5.73 Å². The summed E-state index contributed by atoms with van der Waals surface area (Å²) < 4.78 is 2.25. The molecule has 0 spiro atoms. The Morgan fingerprint density at radius 3 is 2.53 bits per heavy atom. The van der Waals surface area contributed by atoms with Gasteiger partial charge in [0.1, 0.15) is 11.6 Å². The van der Waals surface area contributed by atoms with E-state index in [0.717, 1.165) is 44.0 Å². The first-order valence-corrected chi connectivity index (χ1v) is 8.10. The molecule has 0 radical (unpaired) electrons. The van der Waals surface area contributed by atoms with E-state index < -0.39 is 0 Å². The fraction of sp³-hybridized carbons (Fsp3) is 0.812. The van der Waals surface area contributed by atoms with E-state index in [1.165, 1.54) is 43.6 Å². The largest absolute Gasteiger partial charge is 0.384 e. The molecule has 0 bridgehead atoms. The molecule has 19 heavy (non-hydrogen) atoms. The smallest absolute Gasteiger partial charge is 0.126 e. The molecule has 0 aromatic carbocycles. The van der Waals surface area contributed by atoms with Gasteiger partial charge in [0.05, 0.1) is 5.69 Å². The van der Waals surface area contributed by atoms with Crippen molar-refractivity contribution >= 4 is 5.82 Å². The quantitative estimate of drug-likeness (QED) is 0.844. The maximum absolute atomic E-state index is 6.34. The standard InChI is InChI=1S/C16H29N3/c1-3-8-15-18-14(16(17)19(15)11-4-2)12-13-9-6-5-7-10-13/h13H,3-12,17H2,1-2H3. The molecule has 1 heterocycles. The molecule has 1 aromatic heterocycles. The second-order valence-corrected chi connectivity index (χ2v) is 5.97. The minimum Gasteiger partial charge on any atom is -0.384 e. The fourth-order valence-corrected chi connectivity index (χ4v) is 3.27. The second kappa shape index (κ2) is 6.97. The highest BCUT2D eigenvalue weighted by molar-refractivity contribution is 5.38. The van der Waals surface area contributed by atoms with Gasteiger partial charge in [-0.3, -0.25) is 0 Å². The highest BCUT2D eigenvalue weighted by Gasteiger charge is 2.19. The second-order valence-electron chi connectivity index (χ2n) is 5.97. The van der Waals surface area contributed by atoms with Gasteiger partial charge >= 0.3 is 0 Å². The molecule has 0 unspecified atom stereocenters. The third kappa shape index (κ3) is 3.52. The Labute approximate surface area is 117 Å². The molecule has 1 fully saturated rings. The molecule has 1 aliphatic rings. The van der Waals surface area contributed by atoms with Crippen LogP contribution in [0.2, 0.25) is 0 Å². The van der Waals surface area contributed by atoms with Gasteiger partial charge in [-0.05, 0) is 25.2 Å². The van der Waals surface area contributed by atoms with E-state index in [1.807, 2.05) is 0 Å². The van der Waals surface area contributed by atoms with Gasteiger partial charge < -0.3 is 10.3 Å². The highest BCUT2D eigenvalue weighted by Crippen LogP contribution is 2.29. The molecule has 3 nitrogen and oxygen atoms in total. The van der Waals surface area contributed by atoms with Crippen LogP contribution in [0.3, 0.4) is 0 Å². The summed E-state index contributed by atoms with van der Waals surface area (Å²) in [6, 6.07) is 0. The number of nitrogens with zero attached hydrogens (tertiary/aromatic N) is 2. The number of nitrogen functional groups attached to an aromatic ring is 1. The number of imidazole rings is 1. The molecule has 0 atom stereocenters. The highest BCUT2D eigenvalue weighted by atomic mass is 15.1. The van der Waals surface area contributed by atoms with Crippen molar-refractivity contribution in [2.24, 2.45) is 5.92 Å². The summed E-state index contributed by atoms with van der Waals surface area (Å²) in [6.07, 6.45) is 11.3. The number of hydrogen-bond donors (Lipinski definition) is 1. The van der Waals surface area contributed by atoms with Crippen LogP contribution in [0.5, 0.6) is 0 Å². The Morgan fingerprint density at radius 1 is 1.16 bits per heavy atom. The normalized spacial score (nSPS) is 16.9. The van der Waals surface area contributed by atoms with Crippen LogP contribution in [0, 0.1) is 5.92 Å². The van der Waals surface area contributed by atoms with Crippen LogP contribution in [-0.2, 0) is 19.4 Å². The molecule has 1 saturated carbocycles. The van der Waals surface area contributed by atoms with Crippen molar-refractivity contribution in [1.29, 1.82) is 0 Å². The predicted octanol–water partition coefficient (Wildman–Crippen LogP) is 3.95. The van der Waals surface area contributed by atoms with Gasteiger partial charge in [-0.15, -0.1) is 0 Å². The molecule has 1 aromatic rings. The van der Waals surface area contributed by atoms with Gasteiger partial charge in [0.2, 0.25) is 0 Å². The first-order valence-electron chi connectivity index (χ1n) is 8.10. The lowest BCUT2D eigenvalue weighted by molar-refractivity contribution is 0.355. The maximum atomic E-state index is 6.34. The number of aryl methyl sites for hydroxylation is 1. The summed E-state index contributed by atoms with van der Waals surface area (Å²) in [6.45, 7) is 5.43. The summed E-state index contributed by atoms with van der Waals surface area (Å²) >= 11 is 0. The molecular formula is C16H29N3. The van der Waals surface area contributed by atoms with E-state index in [9.17, 15) is 0 Å². The van der Waals surface area contributed by atoms with Crippen LogP contribution in [0.1, 0.15) is 70.3 Å². The summed E-state index contributed by atoms with van der Waals surface area (Å²) in [4.78, 5) is 4.85. The van der Waals surface area contributed by atoms with Crippen LogP contribution in [-0.4, -0.2) is 9.55 Å². The van der Waals surface area contributed by atoms with Gasteiger partial charge in [-0.2, -0.15) is 0 Å². The van der Waals surface area contributed by atoms with Gasteiger partial charge in [-0.25, -0.2) is 4.98 Å². The topological polar surface area (TPSA) is 43.8 Å². The molecule has 1 aliphatic carbocycles. The maximum Gasteiger partial charge on any atom is 0.126 e. The van der Waals surface area contributed by atoms with Crippen LogP contribution in [0.25, 0.3) is 0 Å². The van der Waals surface area contributed by atoms with Crippen molar-refractivity contribution in [3.05, 3.63) is 11.5 Å². The number of rotatable bonds is 6. The molecular weight excluding hydrogens is 234 g/mol. The van der Waals surface area contributed by atoms with Crippen LogP contribution in [0.15, 0.2) is 0 Å². The summed E-state index contributed by atoms with van der Waals surface area (Å²) in [7, 11) is 0. The number of hydrogen-bond acceptors (Lipinski definition) is 2. The Kier molecular flexibility index (Phi) is 5.29. The molecule has 0 saturated heterocycles. The first kappa shape index (κ1) is 14.4. The lowest BCUT2D eigenvalue weighted by Crippen LogP contribution is -2.11. The Hall–Kier alpha value is -0.990. The van der Waals surface area contributed by atoms with E-state index in [-0.39, 0.29) is 0 Å². The van der Waals surface area contributed by atoms with Crippen molar-refractivity contribution in [1.82, 2.24) is 9.55 Å². The minimum atomic E-state index is 0.815. The molecule has 0 amide bonds. The van der Waals surface area contributed by atoms with Crippen LogP contribution in [0.4, 0.5) is 5.82 Å². The zero-order chi connectivity index (χ0) is 13.7. The Balaban J connectivity index is 2.12. The van der Waals surface area contributed by atoms with Crippen molar-refractivity contribution in [3.63, 3.8) is 0 Å². The molecule has 2 N–H and O–H groups in total. The first-order chi connectivity index (χ1) is 9.26. The third-order valence-electron chi connectivity index (χ3n) is 4.29. The Bertz CT molecular complexity index is 389. The predicted molar refractivity (Wildman–Crippen MR) is 81.2 cm³/mol. The minimum absolute atomic E-state index is 0.815. The molecule has 3 heteroatoms. The SMILES string of the molecule is CCCc1nc(CC2CCCCC2)c(N)n1CCC. The van der Waals surface area contributed by atoms with Gasteiger partial charge in [0, 0.05) is 13.0 Å². The van der Waals surface area contributed by atoms with E-state index in [2.05, 4.69) is 18.4 Å². The zero-order valence-corrected chi connectivity index (χ0v) is 12.6. The Morgan fingerprint density at radius 2 is 1.89 bits per heavy atom.